The summed E-state index contributed by atoms with van der Waals surface area (Å²) in [5.74, 6) is 0.802. The molecule has 1 saturated heterocycles. The van der Waals surface area contributed by atoms with Gasteiger partial charge in [-0.05, 0) is 75.4 Å². The molecule has 1 aliphatic heterocycles. The van der Waals surface area contributed by atoms with Gasteiger partial charge in [-0.25, -0.2) is 0 Å². The van der Waals surface area contributed by atoms with Crippen LogP contribution in [0.2, 0.25) is 0 Å². The van der Waals surface area contributed by atoms with E-state index in [1.807, 2.05) is 6.92 Å². The molecule has 0 radical (unpaired) electrons. The molecule has 2 rings (SSSR count). The van der Waals surface area contributed by atoms with Crippen molar-refractivity contribution in [2.75, 3.05) is 19.6 Å². The van der Waals surface area contributed by atoms with E-state index < -0.39 is 0 Å². The summed E-state index contributed by atoms with van der Waals surface area (Å²) in [6.07, 6.45) is 1.19. The summed E-state index contributed by atoms with van der Waals surface area (Å²) in [6.45, 7) is 11.8. The second-order valence-corrected chi connectivity index (χ2v) is 6.17. The number of hydrogen-bond donors (Lipinski definition) is 1. The number of Topliss-reactive ketones (excluding diaryl/α,β-unsaturated/α-hetero) is 1. The molecule has 3 nitrogen and oxygen atoms in total. The average molecular weight is 347 g/mol. The molecule has 1 aromatic rings. The van der Waals surface area contributed by atoms with Crippen LogP contribution in [0.4, 0.5) is 0 Å². The first kappa shape index (κ1) is 21.4. The highest BCUT2D eigenvalue weighted by Gasteiger charge is 2.23. The third-order valence-electron chi connectivity index (χ3n) is 4.57. The van der Waals surface area contributed by atoms with Gasteiger partial charge in [0.05, 0.1) is 0 Å². The van der Waals surface area contributed by atoms with Crippen LogP contribution in [-0.4, -0.2) is 30.3 Å². The molecular formula is C17H28Cl2N2O. The second-order valence-electron chi connectivity index (χ2n) is 6.17. The van der Waals surface area contributed by atoms with Crippen molar-refractivity contribution in [3.63, 3.8) is 0 Å². The van der Waals surface area contributed by atoms with Crippen LogP contribution in [-0.2, 0) is 6.54 Å². The van der Waals surface area contributed by atoms with Gasteiger partial charge >= 0.3 is 0 Å². The van der Waals surface area contributed by atoms with E-state index in [-0.39, 0.29) is 30.6 Å². The molecular weight excluding hydrogens is 319 g/mol. The minimum Gasteiger partial charge on any atom is -0.330 e. The van der Waals surface area contributed by atoms with Crippen molar-refractivity contribution in [1.29, 1.82) is 0 Å². The van der Waals surface area contributed by atoms with Crippen molar-refractivity contribution in [1.82, 2.24) is 4.90 Å². The highest BCUT2D eigenvalue weighted by molar-refractivity contribution is 5.97. The van der Waals surface area contributed by atoms with E-state index in [0.29, 0.717) is 5.92 Å². The lowest BCUT2D eigenvalue weighted by atomic mass is 9.91. The molecule has 5 heteroatoms. The van der Waals surface area contributed by atoms with Crippen LogP contribution in [0.5, 0.6) is 0 Å². The number of likely N-dealkylation sites (tertiary alicyclic amines) is 1. The van der Waals surface area contributed by atoms with Gasteiger partial charge in [-0.3, -0.25) is 9.69 Å². The van der Waals surface area contributed by atoms with Crippen LogP contribution < -0.4 is 5.73 Å². The zero-order valence-electron chi connectivity index (χ0n) is 13.9. The minimum absolute atomic E-state index is 0. The van der Waals surface area contributed by atoms with Gasteiger partial charge in [0.25, 0.3) is 0 Å². The maximum Gasteiger partial charge on any atom is 0.160 e. The third kappa shape index (κ3) is 4.45. The Kier molecular flexibility index (Phi) is 8.63. The summed E-state index contributed by atoms with van der Waals surface area (Å²) in [5, 5.41) is 0. The zero-order valence-corrected chi connectivity index (χ0v) is 15.6. The van der Waals surface area contributed by atoms with Crippen LogP contribution in [0.3, 0.4) is 0 Å². The molecule has 0 spiro atoms. The minimum atomic E-state index is 0. The van der Waals surface area contributed by atoms with E-state index >= 15 is 0 Å². The molecule has 1 heterocycles. The number of carbonyl (C=O) groups is 1. The molecule has 2 N–H and O–H groups in total. The number of ketones is 1. The molecule has 0 amide bonds. The number of carbonyl (C=O) groups excluding carboxylic acids is 1. The van der Waals surface area contributed by atoms with Crippen molar-refractivity contribution >= 4 is 30.6 Å². The van der Waals surface area contributed by atoms with Crippen molar-refractivity contribution in [2.24, 2.45) is 11.7 Å². The smallest absolute Gasteiger partial charge is 0.160 e. The maximum absolute atomic E-state index is 11.9. The highest BCUT2D eigenvalue weighted by atomic mass is 35.5. The summed E-state index contributed by atoms with van der Waals surface area (Å²) in [5.41, 5.74) is 11.5. The Bertz CT molecular complexity index is 532. The number of nitrogens with two attached hydrogens (primary N) is 1. The van der Waals surface area contributed by atoms with Crippen molar-refractivity contribution < 1.29 is 4.79 Å². The van der Waals surface area contributed by atoms with E-state index in [4.69, 9.17) is 5.73 Å². The van der Waals surface area contributed by atoms with E-state index in [0.717, 1.165) is 42.9 Å². The predicted octanol–water partition coefficient (Wildman–Crippen LogP) is 3.44. The topological polar surface area (TPSA) is 46.3 Å². The highest BCUT2D eigenvalue weighted by Crippen LogP contribution is 2.26. The number of rotatable bonds is 4. The zero-order chi connectivity index (χ0) is 14.9. The lowest BCUT2D eigenvalue weighted by molar-refractivity contribution is 0.101. The van der Waals surface area contributed by atoms with Crippen LogP contribution in [0.1, 0.15) is 46.0 Å². The third-order valence-corrected chi connectivity index (χ3v) is 4.57. The number of benzene rings is 1. The molecule has 1 atom stereocenters. The Hall–Kier alpha value is -0.610. The number of aryl methyl sites for hydroxylation is 2. The van der Waals surface area contributed by atoms with Gasteiger partial charge in [0.2, 0.25) is 0 Å². The van der Waals surface area contributed by atoms with Gasteiger partial charge in [-0.1, -0.05) is 6.07 Å². The summed E-state index contributed by atoms with van der Waals surface area (Å²) >= 11 is 0. The van der Waals surface area contributed by atoms with Gasteiger partial charge in [0.15, 0.2) is 5.78 Å². The first-order valence-corrected chi connectivity index (χ1v) is 7.47. The van der Waals surface area contributed by atoms with Crippen LogP contribution in [0.25, 0.3) is 0 Å². The van der Waals surface area contributed by atoms with Gasteiger partial charge in [-0.15, -0.1) is 24.8 Å². The number of nitrogens with zero attached hydrogens (tertiary/aromatic N) is 1. The molecule has 126 valence electrons. The largest absolute Gasteiger partial charge is 0.330 e. The summed E-state index contributed by atoms with van der Waals surface area (Å²) < 4.78 is 0. The van der Waals surface area contributed by atoms with Gasteiger partial charge in [0, 0.05) is 18.7 Å². The number of halogens is 2. The standard InChI is InChI=1S/C17H26N2O.2ClH/c1-11-7-12(2)17(14(4)20)13(3)16(11)10-19-6-5-15(8-18)9-19;;/h7,15H,5-6,8-10,18H2,1-4H3;2*1H. The monoisotopic (exact) mass is 346 g/mol. The Morgan fingerprint density at radius 1 is 1.27 bits per heavy atom. The Balaban J connectivity index is 0.00000220. The van der Waals surface area contributed by atoms with Gasteiger partial charge in [-0.2, -0.15) is 0 Å². The Morgan fingerprint density at radius 2 is 1.91 bits per heavy atom. The fraction of sp³-hybridized carbons (Fsp3) is 0.588. The second kappa shape index (κ2) is 8.88. The molecule has 1 fully saturated rings. The SMILES string of the molecule is CC(=O)c1c(C)cc(C)c(CN2CCC(CN)C2)c1C.Cl.Cl. The molecule has 1 aromatic carbocycles. The fourth-order valence-electron chi connectivity index (χ4n) is 3.48. The van der Waals surface area contributed by atoms with E-state index in [1.165, 1.54) is 17.5 Å². The van der Waals surface area contributed by atoms with Gasteiger partial charge in [0.1, 0.15) is 0 Å². The summed E-state index contributed by atoms with van der Waals surface area (Å²) in [4.78, 5) is 14.3. The lowest BCUT2D eigenvalue weighted by Gasteiger charge is -2.21. The molecule has 22 heavy (non-hydrogen) atoms. The summed E-state index contributed by atoms with van der Waals surface area (Å²) in [6, 6.07) is 2.15. The predicted molar refractivity (Wildman–Crippen MR) is 97.6 cm³/mol. The first-order chi connectivity index (χ1) is 9.43. The molecule has 0 bridgehead atoms. The molecule has 1 unspecified atom stereocenters. The normalized spacial score (nSPS) is 17.8. The van der Waals surface area contributed by atoms with Crippen molar-refractivity contribution in [3.05, 3.63) is 33.9 Å². The van der Waals surface area contributed by atoms with Crippen molar-refractivity contribution in [3.8, 4) is 0 Å². The van der Waals surface area contributed by atoms with Crippen LogP contribution >= 0.6 is 24.8 Å². The van der Waals surface area contributed by atoms with E-state index in [9.17, 15) is 4.79 Å². The molecule has 1 aliphatic rings. The number of hydrogen-bond acceptors (Lipinski definition) is 3. The van der Waals surface area contributed by atoms with E-state index in [1.54, 1.807) is 6.92 Å². The molecule has 0 aromatic heterocycles. The van der Waals surface area contributed by atoms with Crippen molar-refractivity contribution in [2.45, 2.75) is 40.7 Å². The average Bonchev–Trinajstić information content (AvgIpc) is 2.81. The molecule has 0 saturated carbocycles. The Morgan fingerprint density at radius 3 is 2.41 bits per heavy atom. The first-order valence-electron chi connectivity index (χ1n) is 7.47. The quantitative estimate of drug-likeness (QED) is 0.849. The summed E-state index contributed by atoms with van der Waals surface area (Å²) in [7, 11) is 0. The fourth-order valence-corrected chi connectivity index (χ4v) is 3.48. The van der Waals surface area contributed by atoms with Crippen LogP contribution in [0, 0.1) is 26.7 Å². The van der Waals surface area contributed by atoms with Gasteiger partial charge < -0.3 is 5.73 Å². The Labute approximate surface area is 146 Å². The maximum atomic E-state index is 11.9. The lowest BCUT2D eigenvalue weighted by Crippen LogP contribution is -2.24. The van der Waals surface area contributed by atoms with Crippen LogP contribution in [0.15, 0.2) is 6.07 Å². The molecule has 0 aliphatic carbocycles. The van der Waals surface area contributed by atoms with E-state index in [2.05, 4.69) is 24.8 Å².